The molecule has 0 bridgehead atoms. The molecule has 1 aromatic heterocycles. The number of methoxy groups -OCH3 is 1. The molecule has 0 spiro atoms. The van der Waals surface area contributed by atoms with Crippen LogP contribution in [0.3, 0.4) is 0 Å². The van der Waals surface area contributed by atoms with Gasteiger partial charge in [-0.1, -0.05) is 18.2 Å². The average molecular weight is 367 g/mol. The smallest absolute Gasteiger partial charge is 0.182 e. The van der Waals surface area contributed by atoms with Crippen LogP contribution in [0.4, 0.5) is 4.39 Å². The lowest BCUT2D eigenvalue weighted by Gasteiger charge is -2.11. The van der Waals surface area contributed by atoms with Crippen molar-refractivity contribution in [2.75, 3.05) is 7.11 Å². The van der Waals surface area contributed by atoms with E-state index in [2.05, 4.69) is 20.9 Å². The molecular formula is C15H12BrFN2OS. The molecule has 3 rings (SSSR count). The number of halogens is 2. The number of fused-ring (bicyclic) bond motifs is 1. The van der Waals surface area contributed by atoms with E-state index < -0.39 is 0 Å². The predicted molar refractivity (Wildman–Crippen MR) is 86.8 cm³/mol. The van der Waals surface area contributed by atoms with Gasteiger partial charge < -0.3 is 9.72 Å². The van der Waals surface area contributed by atoms with Crippen molar-refractivity contribution in [1.29, 1.82) is 0 Å². The Morgan fingerprint density at radius 1 is 1.33 bits per heavy atom. The van der Waals surface area contributed by atoms with E-state index in [1.54, 1.807) is 13.2 Å². The number of nitrogens with zero attached hydrogens (tertiary/aromatic N) is 1. The first-order chi connectivity index (χ1) is 10.1. The van der Waals surface area contributed by atoms with Crippen LogP contribution in [-0.2, 0) is 11.3 Å². The van der Waals surface area contributed by atoms with Crippen molar-refractivity contribution in [3.8, 4) is 5.69 Å². The average Bonchev–Trinajstić information content (AvgIpc) is 2.76. The van der Waals surface area contributed by atoms with Gasteiger partial charge in [0.2, 0.25) is 0 Å². The van der Waals surface area contributed by atoms with Gasteiger partial charge in [0.1, 0.15) is 5.82 Å². The largest absolute Gasteiger partial charge is 0.380 e. The van der Waals surface area contributed by atoms with E-state index >= 15 is 0 Å². The zero-order valence-electron chi connectivity index (χ0n) is 11.2. The van der Waals surface area contributed by atoms with E-state index in [0.717, 1.165) is 16.8 Å². The Labute approximate surface area is 134 Å². The number of para-hydroxylation sites is 1. The third kappa shape index (κ3) is 2.54. The summed E-state index contributed by atoms with van der Waals surface area (Å²) >= 11 is 8.58. The highest BCUT2D eigenvalue weighted by Gasteiger charge is 2.12. The topological polar surface area (TPSA) is 29.9 Å². The minimum atomic E-state index is -0.325. The summed E-state index contributed by atoms with van der Waals surface area (Å²) in [6, 6.07) is 10.9. The molecule has 3 nitrogen and oxygen atoms in total. The first kappa shape index (κ1) is 14.4. The Hall–Kier alpha value is -1.50. The first-order valence-corrected chi connectivity index (χ1v) is 7.49. The summed E-state index contributed by atoms with van der Waals surface area (Å²) in [6.45, 7) is 0.462. The maximum Gasteiger partial charge on any atom is 0.182 e. The maximum absolute atomic E-state index is 13.9. The highest BCUT2D eigenvalue weighted by atomic mass is 79.9. The fourth-order valence-electron chi connectivity index (χ4n) is 2.35. The van der Waals surface area contributed by atoms with E-state index in [0.29, 0.717) is 21.4 Å². The summed E-state index contributed by atoms with van der Waals surface area (Å²) < 4.78 is 21.8. The minimum absolute atomic E-state index is 0.325. The Bertz CT molecular complexity index is 872. The SMILES string of the molecule is COCc1ccccc1-n1c(=S)[nH]c2cc(Br)c(F)cc21. The molecule has 0 saturated carbocycles. The molecule has 6 heteroatoms. The molecule has 0 atom stereocenters. The monoisotopic (exact) mass is 366 g/mol. The van der Waals surface area contributed by atoms with Crippen LogP contribution in [0, 0.1) is 10.6 Å². The molecule has 3 aromatic rings. The highest BCUT2D eigenvalue weighted by Crippen LogP contribution is 2.27. The lowest BCUT2D eigenvalue weighted by molar-refractivity contribution is 0.185. The molecule has 0 saturated heterocycles. The van der Waals surface area contributed by atoms with Gasteiger partial charge >= 0.3 is 0 Å². The quantitative estimate of drug-likeness (QED) is 0.678. The van der Waals surface area contributed by atoms with E-state index in [9.17, 15) is 4.39 Å². The van der Waals surface area contributed by atoms with Gasteiger partial charge in [-0.25, -0.2) is 4.39 Å². The summed E-state index contributed by atoms with van der Waals surface area (Å²) in [7, 11) is 1.64. The van der Waals surface area contributed by atoms with Crippen molar-refractivity contribution in [2.45, 2.75) is 6.61 Å². The number of imidazole rings is 1. The Kier molecular flexibility index (Phi) is 3.93. The second kappa shape index (κ2) is 5.71. The second-order valence-electron chi connectivity index (χ2n) is 4.61. The van der Waals surface area contributed by atoms with Gasteiger partial charge in [0, 0.05) is 18.7 Å². The number of H-pyrrole nitrogens is 1. The summed E-state index contributed by atoms with van der Waals surface area (Å²) in [5.41, 5.74) is 3.35. The number of aromatic nitrogens is 2. The molecular weight excluding hydrogens is 355 g/mol. The van der Waals surface area contributed by atoms with Gasteiger partial charge in [-0.3, -0.25) is 4.57 Å². The van der Waals surface area contributed by atoms with Crippen LogP contribution in [0.25, 0.3) is 16.7 Å². The molecule has 0 radical (unpaired) electrons. The maximum atomic E-state index is 13.9. The van der Waals surface area contributed by atoms with Gasteiger partial charge in [-0.2, -0.15) is 0 Å². The van der Waals surface area contributed by atoms with E-state index in [1.165, 1.54) is 6.07 Å². The fraction of sp³-hybridized carbons (Fsp3) is 0.133. The van der Waals surface area contributed by atoms with Crippen LogP contribution in [0.5, 0.6) is 0 Å². The molecule has 2 aromatic carbocycles. The number of ether oxygens (including phenoxy) is 1. The molecule has 0 aliphatic carbocycles. The van der Waals surface area contributed by atoms with Gasteiger partial charge in [0.05, 0.1) is 27.8 Å². The molecule has 0 aliphatic rings. The predicted octanol–water partition coefficient (Wildman–Crippen LogP) is 4.74. The molecule has 0 fully saturated rings. The van der Waals surface area contributed by atoms with Crippen molar-refractivity contribution in [1.82, 2.24) is 9.55 Å². The molecule has 21 heavy (non-hydrogen) atoms. The summed E-state index contributed by atoms with van der Waals surface area (Å²) in [6.07, 6.45) is 0. The molecule has 1 heterocycles. The van der Waals surface area contributed by atoms with Crippen LogP contribution in [0.1, 0.15) is 5.56 Å². The summed E-state index contributed by atoms with van der Waals surface area (Å²) in [4.78, 5) is 3.10. The molecule has 1 N–H and O–H groups in total. The number of hydrogen-bond donors (Lipinski definition) is 1. The highest BCUT2D eigenvalue weighted by molar-refractivity contribution is 9.10. The van der Waals surface area contributed by atoms with E-state index in [1.807, 2.05) is 28.8 Å². The Morgan fingerprint density at radius 2 is 2.10 bits per heavy atom. The van der Waals surface area contributed by atoms with Crippen LogP contribution >= 0.6 is 28.1 Å². The molecule has 0 aliphatic heterocycles. The van der Waals surface area contributed by atoms with Crippen LogP contribution in [-0.4, -0.2) is 16.7 Å². The lowest BCUT2D eigenvalue weighted by Crippen LogP contribution is -2.01. The summed E-state index contributed by atoms with van der Waals surface area (Å²) in [5.74, 6) is -0.325. The van der Waals surface area contributed by atoms with Crippen molar-refractivity contribution in [3.63, 3.8) is 0 Å². The minimum Gasteiger partial charge on any atom is -0.380 e. The van der Waals surface area contributed by atoms with Crippen molar-refractivity contribution >= 4 is 39.2 Å². The van der Waals surface area contributed by atoms with Crippen LogP contribution in [0.2, 0.25) is 0 Å². The summed E-state index contributed by atoms with van der Waals surface area (Å²) in [5, 5.41) is 0. The standard InChI is InChI=1S/C15H12BrFN2OS/c1-20-8-9-4-2-3-5-13(9)19-14-7-11(17)10(16)6-12(14)18-15(19)21/h2-7H,8H2,1H3,(H,18,21). The molecule has 0 amide bonds. The number of rotatable bonds is 3. The van der Waals surface area contributed by atoms with Crippen molar-refractivity contribution in [3.05, 3.63) is 57.0 Å². The van der Waals surface area contributed by atoms with Gasteiger partial charge in [-0.05, 0) is 40.3 Å². The number of benzene rings is 2. The third-order valence-electron chi connectivity index (χ3n) is 3.26. The third-order valence-corrected chi connectivity index (χ3v) is 4.15. The molecule has 108 valence electrons. The van der Waals surface area contributed by atoms with E-state index in [-0.39, 0.29) is 5.82 Å². The zero-order chi connectivity index (χ0) is 15.0. The zero-order valence-corrected chi connectivity index (χ0v) is 13.6. The molecule has 0 unspecified atom stereocenters. The second-order valence-corrected chi connectivity index (χ2v) is 5.85. The normalized spacial score (nSPS) is 11.2. The lowest BCUT2D eigenvalue weighted by atomic mass is 10.2. The van der Waals surface area contributed by atoms with Crippen LogP contribution in [0.15, 0.2) is 40.9 Å². The Morgan fingerprint density at radius 3 is 2.86 bits per heavy atom. The van der Waals surface area contributed by atoms with Crippen molar-refractivity contribution in [2.24, 2.45) is 0 Å². The number of hydrogen-bond acceptors (Lipinski definition) is 2. The van der Waals surface area contributed by atoms with Crippen molar-refractivity contribution < 1.29 is 9.13 Å². The number of nitrogens with one attached hydrogen (secondary N) is 1. The van der Waals surface area contributed by atoms with E-state index in [4.69, 9.17) is 17.0 Å². The fourth-order valence-corrected chi connectivity index (χ4v) is 3.00. The van der Waals surface area contributed by atoms with Gasteiger partial charge in [0.15, 0.2) is 4.77 Å². The Balaban J connectivity index is 2.33. The van der Waals surface area contributed by atoms with Gasteiger partial charge in [0.25, 0.3) is 0 Å². The van der Waals surface area contributed by atoms with Gasteiger partial charge in [-0.15, -0.1) is 0 Å². The van der Waals surface area contributed by atoms with Crippen LogP contribution < -0.4 is 0 Å². The first-order valence-electron chi connectivity index (χ1n) is 6.29. The number of aromatic amines is 1.